The van der Waals surface area contributed by atoms with Gasteiger partial charge < -0.3 is 45.8 Å². The summed E-state index contributed by atoms with van der Waals surface area (Å²) in [5.74, 6) is -1.95. The number of benzene rings is 6. The van der Waals surface area contributed by atoms with Gasteiger partial charge in [0.25, 0.3) is 0 Å². The fourth-order valence-electron chi connectivity index (χ4n) is 10.1. The van der Waals surface area contributed by atoms with Crippen molar-refractivity contribution in [3.63, 3.8) is 0 Å². The second-order valence-corrected chi connectivity index (χ2v) is 22.8. The molecule has 6 amide bonds. The summed E-state index contributed by atoms with van der Waals surface area (Å²) >= 11 is 4.05. The lowest BCUT2D eigenvalue weighted by Crippen LogP contribution is -2.58. The van der Waals surface area contributed by atoms with Crippen molar-refractivity contribution < 1.29 is 41.9 Å². The number of piperazine rings is 3. The van der Waals surface area contributed by atoms with Gasteiger partial charge in [0.1, 0.15) is 35.6 Å². The number of rotatable bonds is 6. The van der Waals surface area contributed by atoms with Gasteiger partial charge in [-0.05, 0) is 103 Å². The van der Waals surface area contributed by atoms with Crippen molar-refractivity contribution in [1.29, 1.82) is 0 Å². The molecule has 9 aromatic rings. The molecule has 3 saturated heterocycles. The molecule has 3 unspecified atom stereocenters. The minimum Gasteiger partial charge on any atom is -0.328 e. The van der Waals surface area contributed by atoms with E-state index in [1.165, 1.54) is 91.2 Å². The zero-order valence-corrected chi connectivity index (χ0v) is 46.6. The van der Waals surface area contributed by atoms with E-state index in [2.05, 4.69) is 36.2 Å². The Morgan fingerprint density at radius 3 is 1.16 bits per heavy atom. The van der Waals surface area contributed by atoms with Crippen LogP contribution in [0.25, 0.3) is 63.0 Å². The van der Waals surface area contributed by atoms with Crippen molar-refractivity contribution in [1.82, 2.24) is 44.8 Å². The Hall–Kier alpha value is -7.74. The normalized spacial score (nSPS) is 18.0. The van der Waals surface area contributed by atoms with Crippen molar-refractivity contribution in [3.05, 3.63) is 108 Å². The van der Waals surface area contributed by atoms with E-state index in [-0.39, 0.29) is 52.9 Å². The first kappa shape index (κ1) is 55.6. The maximum atomic E-state index is 13.4. The van der Waals surface area contributed by atoms with Crippen LogP contribution in [0.2, 0.25) is 0 Å². The van der Waals surface area contributed by atoms with Crippen molar-refractivity contribution in [3.8, 4) is 0 Å². The van der Waals surface area contributed by atoms with Crippen molar-refractivity contribution in [2.24, 2.45) is 0 Å². The third kappa shape index (κ3) is 12.0. The second-order valence-electron chi connectivity index (χ2n) is 19.8. The molecule has 414 valence electrons. The summed E-state index contributed by atoms with van der Waals surface area (Å²) in [6.07, 6.45) is 0. The smallest absolute Gasteiger partial charge is 0.250 e. The number of nitrogens with zero attached hydrogens (tertiary/aromatic N) is 8. The molecule has 3 aliphatic heterocycles. The molecule has 0 saturated carbocycles. The van der Waals surface area contributed by atoms with Crippen LogP contribution in [0.3, 0.4) is 0 Å². The van der Waals surface area contributed by atoms with Gasteiger partial charge in [-0.15, -0.1) is 0 Å². The summed E-state index contributed by atoms with van der Waals surface area (Å²) in [5.41, 5.74) is 2.24. The summed E-state index contributed by atoms with van der Waals surface area (Å²) in [6, 6.07) is 23.1. The van der Waals surface area contributed by atoms with Crippen LogP contribution in [0.1, 0.15) is 20.8 Å². The van der Waals surface area contributed by atoms with E-state index in [4.69, 9.17) is 0 Å². The van der Waals surface area contributed by atoms with Crippen LogP contribution in [0.5, 0.6) is 0 Å². The number of aromatic nitrogens is 3. The van der Waals surface area contributed by atoms with Crippen LogP contribution in [0, 0.1) is 17.5 Å². The SMILES string of the molecule is CC(=O)N1CCN(C)CC1C(=O)Nc1nc2ccc3cc(F)ccc3c2s1.CC(=O)N1CCN(C)CC1C(=O)Nc1nc2ccc3cc(F)ccc3c2s1.CC(=O)N1CCNCC1C(=O)Nc1nc2ccc3cc(F)ccc3c2s1. The highest BCUT2D eigenvalue weighted by Gasteiger charge is 2.35. The molecule has 3 fully saturated rings. The van der Waals surface area contributed by atoms with Crippen LogP contribution in [-0.2, 0) is 28.8 Å². The molecule has 80 heavy (non-hydrogen) atoms. The maximum absolute atomic E-state index is 13.4. The molecule has 3 atom stereocenters. The van der Waals surface area contributed by atoms with Gasteiger partial charge in [0.05, 0.1) is 30.6 Å². The standard InChI is InChI=1S/2C19H19FN4O2S.C18H17FN4O2S/c2*1-11(25)24-8-7-23(2)10-16(24)18(26)22-19-21-15-6-3-12-9-13(20)4-5-14(12)17(15)27-19;1-10(24)23-7-6-20-9-15(23)17(25)22-18-21-14-5-2-11-8-12(19)3-4-13(11)16(14)26-18/h2*3-6,9,16H,7-8,10H2,1-2H3,(H,21,22,26);2-5,8,15,20H,6-7,9H2,1H3,(H,21,22,25). The van der Waals surface area contributed by atoms with Crippen LogP contribution < -0.4 is 21.3 Å². The number of thiazole rings is 3. The van der Waals surface area contributed by atoms with E-state index < -0.39 is 18.1 Å². The molecule has 0 spiro atoms. The van der Waals surface area contributed by atoms with Crippen molar-refractivity contribution in [2.45, 2.75) is 38.9 Å². The number of hydrogen-bond donors (Lipinski definition) is 4. The summed E-state index contributed by atoms with van der Waals surface area (Å²) in [6.45, 7) is 9.53. The fraction of sp³-hybridized carbons (Fsp3) is 0.304. The molecule has 18 nitrogen and oxygen atoms in total. The molecule has 3 aliphatic rings. The Balaban J connectivity index is 0.000000135. The van der Waals surface area contributed by atoms with Crippen molar-refractivity contribution >= 4 is 148 Å². The van der Waals surface area contributed by atoms with E-state index >= 15 is 0 Å². The fourth-order valence-corrected chi connectivity index (χ4v) is 13.1. The predicted molar refractivity (Wildman–Crippen MR) is 309 cm³/mol. The van der Waals surface area contributed by atoms with E-state index in [9.17, 15) is 41.9 Å². The van der Waals surface area contributed by atoms with Gasteiger partial charge in [-0.1, -0.05) is 52.2 Å². The molecule has 4 N–H and O–H groups in total. The van der Waals surface area contributed by atoms with Gasteiger partial charge in [-0.3, -0.25) is 28.8 Å². The van der Waals surface area contributed by atoms with E-state index in [0.29, 0.717) is 61.2 Å². The highest BCUT2D eigenvalue weighted by Crippen LogP contribution is 2.36. The summed E-state index contributed by atoms with van der Waals surface area (Å²) in [7, 11) is 3.86. The lowest BCUT2D eigenvalue weighted by Gasteiger charge is -2.38. The van der Waals surface area contributed by atoms with Gasteiger partial charge in [-0.25, -0.2) is 28.1 Å². The molecule has 12 rings (SSSR count). The number of nitrogens with one attached hydrogen (secondary N) is 4. The Morgan fingerprint density at radius 2 is 0.812 bits per heavy atom. The largest absolute Gasteiger partial charge is 0.328 e. The number of carbonyl (C=O) groups excluding carboxylic acids is 6. The Bertz CT molecular complexity index is 3740. The molecular weight excluding hydrogens is 1090 g/mol. The molecule has 0 radical (unpaired) electrons. The summed E-state index contributed by atoms with van der Waals surface area (Å²) < 4.78 is 43.0. The third-order valence-electron chi connectivity index (χ3n) is 14.2. The van der Waals surface area contributed by atoms with Gasteiger partial charge in [0, 0.05) is 95.8 Å². The third-order valence-corrected chi connectivity index (χ3v) is 17.3. The molecule has 24 heteroatoms. The highest BCUT2D eigenvalue weighted by atomic mass is 32.1. The molecule has 6 aromatic carbocycles. The molecular formula is C56H55F3N12O6S3. The maximum Gasteiger partial charge on any atom is 0.250 e. The minimum absolute atomic E-state index is 0.111. The van der Waals surface area contributed by atoms with Gasteiger partial charge in [-0.2, -0.15) is 0 Å². The number of carbonyl (C=O) groups is 6. The lowest BCUT2D eigenvalue weighted by atomic mass is 10.1. The number of amides is 6. The van der Waals surface area contributed by atoms with E-state index in [0.717, 1.165) is 76.1 Å². The van der Waals surface area contributed by atoms with Crippen LogP contribution in [-0.4, -0.2) is 166 Å². The Morgan fingerprint density at radius 1 is 0.475 bits per heavy atom. The van der Waals surface area contributed by atoms with Crippen LogP contribution in [0.15, 0.2) is 91.0 Å². The lowest BCUT2D eigenvalue weighted by molar-refractivity contribution is -0.139. The first-order valence-corrected chi connectivity index (χ1v) is 28.1. The number of likely N-dealkylation sites (N-methyl/N-ethyl adjacent to an activating group) is 2. The highest BCUT2D eigenvalue weighted by molar-refractivity contribution is 7.24. The van der Waals surface area contributed by atoms with Crippen LogP contribution >= 0.6 is 34.0 Å². The number of halogens is 3. The summed E-state index contributed by atoms with van der Waals surface area (Å²) in [4.78, 5) is 96.0. The molecule has 6 heterocycles. The first-order valence-electron chi connectivity index (χ1n) is 25.7. The second kappa shape index (κ2) is 23.5. The zero-order chi connectivity index (χ0) is 56.5. The monoisotopic (exact) mass is 1140 g/mol. The number of fused-ring (bicyclic) bond motifs is 9. The van der Waals surface area contributed by atoms with Gasteiger partial charge in [0.15, 0.2) is 15.4 Å². The topological polar surface area (TPSA) is 205 Å². The average molecular weight is 1150 g/mol. The quantitative estimate of drug-likeness (QED) is 0.126. The summed E-state index contributed by atoms with van der Waals surface area (Å²) in [5, 5.41) is 18.2. The molecule has 0 aliphatic carbocycles. The zero-order valence-electron chi connectivity index (χ0n) is 44.1. The van der Waals surface area contributed by atoms with E-state index in [1.54, 1.807) is 32.9 Å². The number of anilines is 3. The van der Waals surface area contributed by atoms with Crippen molar-refractivity contribution in [2.75, 3.05) is 88.9 Å². The van der Waals surface area contributed by atoms with Crippen LogP contribution in [0.4, 0.5) is 28.6 Å². The number of hydrogen-bond acceptors (Lipinski definition) is 15. The first-order chi connectivity index (χ1) is 38.4. The molecule has 3 aromatic heterocycles. The van der Waals surface area contributed by atoms with Gasteiger partial charge >= 0.3 is 0 Å². The minimum atomic E-state index is -0.556. The average Bonchev–Trinajstić information content (AvgIpc) is 4.17. The predicted octanol–water partition coefficient (Wildman–Crippen LogP) is 7.73. The Kier molecular flexibility index (Phi) is 16.3. The Labute approximate surface area is 468 Å². The molecule has 0 bridgehead atoms. The van der Waals surface area contributed by atoms with E-state index in [1.807, 2.05) is 60.3 Å². The van der Waals surface area contributed by atoms with Gasteiger partial charge in [0.2, 0.25) is 35.4 Å².